The van der Waals surface area contributed by atoms with Crippen molar-refractivity contribution >= 4 is 28.0 Å². The number of likely N-dealkylation sites (tertiary alicyclic amines) is 1. The Labute approximate surface area is 236 Å². The molecule has 4 heterocycles. The lowest BCUT2D eigenvalue weighted by Crippen LogP contribution is -2.38. The molecule has 6 aromatic rings. The van der Waals surface area contributed by atoms with E-state index in [2.05, 4.69) is 61.6 Å². The maximum atomic E-state index is 9.04. The molecule has 7 rings (SSSR count). The number of hydrogen-bond acceptors (Lipinski definition) is 9. The summed E-state index contributed by atoms with van der Waals surface area (Å²) < 4.78 is 5.68. The van der Waals surface area contributed by atoms with Gasteiger partial charge in [-0.05, 0) is 36.6 Å². The normalized spacial score (nSPS) is 14.3. The van der Waals surface area contributed by atoms with Gasteiger partial charge in [-0.25, -0.2) is 24.9 Å². The number of nitriles is 1. The average Bonchev–Trinajstić information content (AvgIpc) is 3.52. The van der Waals surface area contributed by atoms with Crippen molar-refractivity contribution in [3.05, 3.63) is 96.8 Å². The number of aromatic nitrogens is 5. The minimum atomic E-state index is 0.188. The summed E-state index contributed by atoms with van der Waals surface area (Å²) in [4.78, 5) is 25.1. The van der Waals surface area contributed by atoms with Crippen molar-refractivity contribution in [1.82, 2.24) is 29.8 Å². The van der Waals surface area contributed by atoms with E-state index in [4.69, 9.17) is 19.6 Å². The van der Waals surface area contributed by atoms with E-state index < -0.39 is 0 Å². The molecule has 0 spiro atoms. The standard InChI is InChI=1S/C32H26N8O/c33-18-28-34-15-12-27(38-28)36-24-13-16-40(17-14-24)19-21-6-8-23(9-7-21)30-29(22-4-2-1-3-5-22)37-25-10-11-26-32(31(25)39-30)41-20-35-26/h1-12,15,20,24H,13-14,16-17,19H2,(H,34,36,38). The van der Waals surface area contributed by atoms with Crippen LogP contribution in [0.5, 0.6) is 0 Å². The van der Waals surface area contributed by atoms with Gasteiger partial charge in [0.25, 0.3) is 0 Å². The molecule has 1 aliphatic heterocycles. The van der Waals surface area contributed by atoms with Crippen molar-refractivity contribution in [1.29, 1.82) is 5.26 Å². The maximum Gasteiger partial charge on any atom is 0.234 e. The lowest BCUT2D eigenvalue weighted by Gasteiger charge is -2.32. The summed E-state index contributed by atoms with van der Waals surface area (Å²) in [6, 6.07) is 26.8. The van der Waals surface area contributed by atoms with Crippen LogP contribution >= 0.6 is 0 Å². The van der Waals surface area contributed by atoms with Gasteiger partial charge in [-0.2, -0.15) is 5.26 Å². The third-order valence-corrected chi connectivity index (χ3v) is 7.51. The summed E-state index contributed by atoms with van der Waals surface area (Å²) >= 11 is 0. The lowest BCUT2D eigenvalue weighted by atomic mass is 10.0. The second-order valence-electron chi connectivity index (χ2n) is 10.2. The Morgan fingerprint density at radius 1 is 0.829 bits per heavy atom. The number of oxazole rings is 1. The Kier molecular flexibility index (Phi) is 6.51. The monoisotopic (exact) mass is 538 g/mol. The van der Waals surface area contributed by atoms with Gasteiger partial charge in [-0.3, -0.25) is 4.90 Å². The molecule has 9 heteroatoms. The third-order valence-electron chi connectivity index (χ3n) is 7.51. The fraction of sp³-hybridized carbons (Fsp3) is 0.188. The minimum absolute atomic E-state index is 0.188. The summed E-state index contributed by atoms with van der Waals surface area (Å²) in [5, 5.41) is 12.5. The van der Waals surface area contributed by atoms with E-state index in [1.165, 1.54) is 12.0 Å². The number of anilines is 1. The quantitative estimate of drug-likeness (QED) is 0.279. The first-order chi connectivity index (χ1) is 20.2. The zero-order chi connectivity index (χ0) is 27.6. The Bertz CT molecular complexity index is 1870. The van der Waals surface area contributed by atoms with Crippen LogP contribution in [0.15, 0.2) is 89.8 Å². The van der Waals surface area contributed by atoms with Crippen molar-refractivity contribution < 1.29 is 4.42 Å². The van der Waals surface area contributed by atoms with Gasteiger partial charge in [0.1, 0.15) is 22.9 Å². The highest BCUT2D eigenvalue weighted by Gasteiger charge is 2.20. The molecule has 0 unspecified atom stereocenters. The van der Waals surface area contributed by atoms with Gasteiger partial charge >= 0.3 is 0 Å². The van der Waals surface area contributed by atoms with E-state index in [0.717, 1.165) is 66.0 Å². The molecule has 200 valence electrons. The molecule has 0 amide bonds. The number of rotatable bonds is 6. The molecule has 0 bridgehead atoms. The Balaban J connectivity index is 1.10. The fourth-order valence-electron chi connectivity index (χ4n) is 5.40. The van der Waals surface area contributed by atoms with Crippen molar-refractivity contribution in [3.63, 3.8) is 0 Å². The summed E-state index contributed by atoms with van der Waals surface area (Å²) in [7, 11) is 0. The van der Waals surface area contributed by atoms with Crippen LogP contribution < -0.4 is 5.32 Å². The average molecular weight is 539 g/mol. The summed E-state index contributed by atoms with van der Waals surface area (Å²) in [6.45, 7) is 2.85. The second kappa shape index (κ2) is 10.8. The molecule has 0 aliphatic carbocycles. The van der Waals surface area contributed by atoms with E-state index in [1.54, 1.807) is 6.20 Å². The molecule has 1 saturated heterocycles. The predicted octanol–water partition coefficient (Wildman–Crippen LogP) is 5.84. The van der Waals surface area contributed by atoms with Crippen LogP contribution in [0.4, 0.5) is 5.82 Å². The van der Waals surface area contributed by atoms with Gasteiger partial charge < -0.3 is 9.73 Å². The van der Waals surface area contributed by atoms with Gasteiger partial charge in [-0.15, -0.1) is 0 Å². The highest BCUT2D eigenvalue weighted by molar-refractivity contribution is 6.00. The number of hydrogen-bond donors (Lipinski definition) is 1. The molecule has 1 fully saturated rings. The predicted molar refractivity (Wildman–Crippen MR) is 157 cm³/mol. The molecule has 9 nitrogen and oxygen atoms in total. The van der Waals surface area contributed by atoms with E-state index in [9.17, 15) is 0 Å². The first kappa shape index (κ1) is 24.8. The van der Waals surface area contributed by atoms with Crippen molar-refractivity contribution in [3.8, 4) is 28.6 Å². The van der Waals surface area contributed by atoms with Crippen LogP contribution in [-0.4, -0.2) is 49.0 Å². The van der Waals surface area contributed by atoms with Crippen molar-refractivity contribution in [2.24, 2.45) is 0 Å². The highest BCUT2D eigenvalue weighted by atomic mass is 16.3. The highest BCUT2D eigenvalue weighted by Crippen LogP contribution is 2.33. The van der Waals surface area contributed by atoms with Crippen molar-refractivity contribution in [2.45, 2.75) is 25.4 Å². The third kappa shape index (κ3) is 5.09. The van der Waals surface area contributed by atoms with Crippen LogP contribution in [-0.2, 0) is 6.54 Å². The van der Waals surface area contributed by atoms with Gasteiger partial charge in [0, 0.05) is 43.0 Å². The van der Waals surface area contributed by atoms with E-state index in [-0.39, 0.29) is 5.82 Å². The largest absolute Gasteiger partial charge is 0.441 e. The fourth-order valence-corrected chi connectivity index (χ4v) is 5.40. The van der Waals surface area contributed by atoms with Gasteiger partial charge in [0.15, 0.2) is 12.0 Å². The molecule has 1 aliphatic rings. The number of nitrogens with one attached hydrogen (secondary N) is 1. The molecule has 0 saturated carbocycles. The number of piperidine rings is 1. The van der Waals surface area contributed by atoms with E-state index in [1.807, 2.05) is 42.5 Å². The molecule has 0 radical (unpaired) electrons. The molecular formula is C32H26N8O. The number of nitrogens with zero attached hydrogens (tertiary/aromatic N) is 7. The molecular weight excluding hydrogens is 512 g/mol. The molecule has 41 heavy (non-hydrogen) atoms. The lowest BCUT2D eigenvalue weighted by molar-refractivity contribution is 0.211. The minimum Gasteiger partial charge on any atom is -0.441 e. The summed E-state index contributed by atoms with van der Waals surface area (Å²) in [6.07, 6.45) is 5.08. The van der Waals surface area contributed by atoms with Crippen LogP contribution in [0.3, 0.4) is 0 Å². The van der Waals surface area contributed by atoms with E-state index in [0.29, 0.717) is 23.0 Å². The first-order valence-electron chi connectivity index (χ1n) is 13.6. The van der Waals surface area contributed by atoms with Crippen LogP contribution in [0, 0.1) is 11.3 Å². The van der Waals surface area contributed by atoms with Crippen molar-refractivity contribution in [2.75, 3.05) is 18.4 Å². The van der Waals surface area contributed by atoms with Crippen LogP contribution in [0.25, 0.3) is 44.6 Å². The topological polar surface area (TPSA) is 117 Å². The molecule has 3 aromatic heterocycles. The number of fused-ring (bicyclic) bond motifs is 3. The SMILES string of the molecule is N#Cc1nccc(NC2CCN(Cc3ccc(-c4nc5c(ccc6ncoc65)nc4-c4ccccc4)cc3)CC2)n1. The van der Waals surface area contributed by atoms with Gasteiger partial charge in [0.2, 0.25) is 5.82 Å². The Morgan fingerprint density at radius 2 is 1.59 bits per heavy atom. The van der Waals surface area contributed by atoms with Gasteiger partial charge in [-0.1, -0.05) is 54.6 Å². The number of benzene rings is 3. The smallest absolute Gasteiger partial charge is 0.234 e. The Morgan fingerprint density at radius 3 is 2.39 bits per heavy atom. The van der Waals surface area contributed by atoms with Crippen LogP contribution in [0.1, 0.15) is 24.2 Å². The molecule has 3 aromatic carbocycles. The molecule has 1 N–H and O–H groups in total. The summed E-state index contributed by atoms with van der Waals surface area (Å²) in [5.41, 5.74) is 7.82. The maximum absolute atomic E-state index is 9.04. The molecule has 0 atom stereocenters. The van der Waals surface area contributed by atoms with Crippen LogP contribution in [0.2, 0.25) is 0 Å². The first-order valence-corrected chi connectivity index (χ1v) is 13.6. The summed E-state index contributed by atoms with van der Waals surface area (Å²) in [5.74, 6) is 0.897. The second-order valence-corrected chi connectivity index (χ2v) is 10.2. The Hall–Kier alpha value is -5.20. The van der Waals surface area contributed by atoms with Gasteiger partial charge in [0.05, 0.1) is 16.9 Å². The zero-order valence-corrected chi connectivity index (χ0v) is 22.2. The van der Waals surface area contributed by atoms with E-state index >= 15 is 0 Å². The zero-order valence-electron chi connectivity index (χ0n) is 22.2.